The van der Waals surface area contributed by atoms with Gasteiger partial charge in [0.2, 0.25) is 0 Å². The average Bonchev–Trinajstić information content (AvgIpc) is 2.53. The molecule has 0 bridgehead atoms. The number of hydrogen-bond donors (Lipinski definition) is 0. The van der Waals surface area contributed by atoms with Crippen molar-refractivity contribution in [1.82, 2.24) is 4.90 Å². The van der Waals surface area contributed by atoms with Crippen molar-refractivity contribution in [2.75, 3.05) is 13.2 Å². The molecule has 72 valence electrons. The minimum atomic E-state index is -0.149. The van der Waals surface area contributed by atoms with Gasteiger partial charge in [-0.1, -0.05) is 19.1 Å². The van der Waals surface area contributed by atoms with E-state index < -0.39 is 0 Å². The van der Waals surface area contributed by atoms with E-state index in [1.165, 1.54) is 6.42 Å². The molecule has 2 rings (SSSR count). The fourth-order valence-electron chi connectivity index (χ4n) is 1.91. The lowest BCUT2D eigenvalue weighted by molar-refractivity contribution is 0.150. The van der Waals surface area contributed by atoms with Crippen LogP contribution in [0, 0.1) is 5.92 Å². The topological polar surface area (TPSA) is 29.5 Å². The van der Waals surface area contributed by atoms with Crippen molar-refractivity contribution in [3.8, 4) is 0 Å². The molecule has 0 aromatic heterocycles. The number of ether oxygens (including phenoxy) is 1. The molecular formula is C10H15NO2. The van der Waals surface area contributed by atoms with Gasteiger partial charge in [-0.2, -0.15) is 0 Å². The van der Waals surface area contributed by atoms with Gasteiger partial charge in [0.1, 0.15) is 6.61 Å². The molecule has 2 aliphatic rings. The Labute approximate surface area is 78.4 Å². The molecule has 0 radical (unpaired) electrons. The molecule has 13 heavy (non-hydrogen) atoms. The first kappa shape index (κ1) is 8.60. The van der Waals surface area contributed by atoms with Crippen molar-refractivity contribution < 1.29 is 9.53 Å². The number of amides is 1. The van der Waals surface area contributed by atoms with E-state index in [0.29, 0.717) is 12.5 Å². The summed E-state index contributed by atoms with van der Waals surface area (Å²) >= 11 is 0. The number of allylic oxidation sites excluding steroid dienone is 1. The van der Waals surface area contributed by atoms with Gasteiger partial charge in [-0.15, -0.1) is 0 Å². The highest BCUT2D eigenvalue weighted by atomic mass is 16.6. The van der Waals surface area contributed by atoms with E-state index in [0.717, 1.165) is 13.0 Å². The van der Waals surface area contributed by atoms with Crippen molar-refractivity contribution in [3.63, 3.8) is 0 Å². The third-order valence-electron chi connectivity index (χ3n) is 2.77. The van der Waals surface area contributed by atoms with Crippen molar-refractivity contribution >= 4 is 6.09 Å². The Morgan fingerprint density at radius 2 is 2.31 bits per heavy atom. The van der Waals surface area contributed by atoms with Crippen molar-refractivity contribution in [2.24, 2.45) is 5.92 Å². The predicted molar refractivity (Wildman–Crippen MR) is 49.4 cm³/mol. The lowest BCUT2D eigenvalue weighted by atomic mass is 9.94. The van der Waals surface area contributed by atoms with Crippen LogP contribution in [0.15, 0.2) is 12.2 Å². The monoisotopic (exact) mass is 181 g/mol. The summed E-state index contributed by atoms with van der Waals surface area (Å²) < 4.78 is 4.90. The summed E-state index contributed by atoms with van der Waals surface area (Å²) in [6.45, 7) is 3.51. The molecule has 1 aliphatic carbocycles. The van der Waals surface area contributed by atoms with Crippen LogP contribution in [-0.4, -0.2) is 30.2 Å². The molecule has 0 spiro atoms. The number of carbonyl (C=O) groups excluding carboxylic acids is 1. The van der Waals surface area contributed by atoms with Crippen molar-refractivity contribution in [2.45, 2.75) is 25.8 Å². The Balaban J connectivity index is 2.01. The first-order valence-corrected chi connectivity index (χ1v) is 4.89. The maximum absolute atomic E-state index is 11.2. The first-order valence-electron chi connectivity index (χ1n) is 4.89. The quantitative estimate of drug-likeness (QED) is 0.577. The smallest absolute Gasteiger partial charge is 0.410 e. The highest BCUT2D eigenvalue weighted by Gasteiger charge is 2.29. The van der Waals surface area contributed by atoms with Crippen molar-refractivity contribution in [1.29, 1.82) is 0 Å². The molecule has 1 amide bonds. The molecule has 1 aliphatic heterocycles. The van der Waals surface area contributed by atoms with E-state index >= 15 is 0 Å². The van der Waals surface area contributed by atoms with Crippen LogP contribution in [0.4, 0.5) is 4.79 Å². The highest BCUT2D eigenvalue weighted by Crippen LogP contribution is 2.22. The van der Waals surface area contributed by atoms with Gasteiger partial charge in [0.15, 0.2) is 0 Å². The zero-order valence-corrected chi connectivity index (χ0v) is 7.90. The van der Waals surface area contributed by atoms with Crippen LogP contribution < -0.4 is 0 Å². The lowest BCUT2D eigenvalue weighted by Crippen LogP contribution is -2.36. The van der Waals surface area contributed by atoms with E-state index in [1.807, 2.05) is 4.90 Å². The number of nitrogens with zero attached hydrogens (tertiary/aromatic N) is 1. The largest absolute Gasteiger partial charge is 0.448 e. The Hall–Kier alpha value is -0.990. The third kappa shape index (κ3) is 1.69. The van der Waals surface area contributed by atoms with Gasteiger partial charge in [0.05, 0.1) is 12.6 Å². The SMILES string of the molecule is C[C@H]1C=C[C@@H](N2CCOC2=O)CC1. The summed E-state index contributed by atoms with van der Waals surface area (Å²) in [5, 5.41) is 0. The van der Waals surface area contributed by atoms with E-state index in [1.54, 1.807) is 0 Å². The van der Waals surface area contributed by atoms with Gasteiger partial charge < -0.3 is 4.74 Å². The van der Waals surface area contributed by atoms with Gasteiger partial charge in [0, 0.05) is 0 Å². The van der Waals surface area contributed by atoms with E-state index in [2.05, 4.69) is 19.1 Å². The molecule has 0 unspecified atom stereocenters. The Kier molecular flexibility index (Phi) is 2.25. The molecule has 1 heterocycles. The lowest BCUT2D eigenvalue weighted by Gasteiger charge is -2.26. The normalized spacial score (nSPS) is 33.6. The summed E-state index contributed by atoms with van der Waals surface area (Å²) in [4.78, 5) is 13.0. The molecule has 3 nitrogen and oxygen atoms in total. The van der Waals surface area contributed by atoms with Gasteiger partial charge >= 0.3 is 6.09 Å². The Bertz CT molecular complexity index is 237. The second-order valence-electron chi connectivity index (χ2n) is 3.81. The maximum atomic E-state index is 11.2. The summed E-state index contributed by atoms with van der Waals surface area (Å²) in [6, 6.07) is 0.284. The molecule has 0 aromatic rings. The van der Waals surface area contributed by atoms with Gasteiger partial charge in [-0.3, -0.25) is 4.90 Å². The van der Waals surface area contributed by atoms with E-state index in [-0.39, 0.29) is 12.1 Å². The maximum Gasteiger partial charge on any atom is 0.410 e. The number of rotatable bonds is 1. The van der Waals surface area contributed by atoms with Gasteiger partial charge in [-0.25, -0.2) is 4.79 Å². The molecular weight excluding hydrogens is 166 g/mol. The van der Waals surface area contributed by atoms with Crippen LogP contribution in [0.5, 0.6) is 0 Å². The van der Waals surface area contributed by atoms with E-state index in [9.17, 15) is 4.79 Å². The fraction of sp³-hybridized carbons (Fsp3) is 0.700. The van der Waals surface area contributed by atoms with Crippen LogP contribution in [0.25, 0.3) is 0 Å². The summed E-state index contributed by atoms with van der Waals surface area (Å²) in [5.41, 5.74) is 0. The molecule has 1 saturated heterocycles. The minimum Gasteiger partial charge on any atom is -0.448 e. The predicted octanol–water partition coefficient (Wildman–Crippen LogP) is 1.79. The number of carbonyl (C=O) groups is 1. The van der Waals surface area contributed by atoms with E-state index in [4.69, 9.17) is 4.74 Å². The molecule has 2 atom stereocenters. The first-order chi connectivity index (χ1) is 6.27. The summed E-state index contributed by atoms with van der Waals surface area (Å²) in [7, 11) is 0. The average molecular weight is 181 g/mol. The minimum absolute atomic E-state index is 0.149. The molecule has 1 fully saturated rings. The van der Waals surface area contributed by atoms with Crippen LogP contribution in [0.1, 0.15) is 19.8 Å². The summed E-state index contributed by atoms with van der Waals surface area (Å²) in [5.74, 6) is 0.662. The highest BCUT2D eigenvalue weighted by molar-refractivity contribution is 5.70. The standard InChI is InChI=1S/C10H15NO2/c1-8-2-4-9(5-3-8)11-6-7-13-10(11)12/h2,4,8-9H,3,5-7H2,1H3/t8-,9+/m0/s1. The van der Waals surface area contributed by atoms with Crippen LogP contribution in [0.2, 0.25) is 0 Å². The van der Waals surface area contributed by atoms with Gasteiger partial charge in [-0.05, 0) is 18.8 Å². The number of hydrogen-bond acceptors (Lipinski definition) is 2. The van der Waals surface area contributed by atoms with Gasteiger partial charge in [0.25, 0.3) is 0 Å². The van der Waals surface area contributed by atoms with Crippen molar-refractivity contribution in [3.05, 3.63) is 12.2 Å². The zero-order chi connectivity index (χ0) is 9.26. The third-order valence-corrected chi connectivity index (χ3v) is 2.77. The molecule has 0 aromatic carbocycles. The molecule has 0 N–H and O–H groups in total. The molecule has 3 heteroatoms. The van der Waals surface area contributed by atoms with Crippen LogP contribution in [-0.2, 0) is 4.74 Å². The Morgan fingerprint density at radius 1 is 1.46 bits per heavy atom. The van der Waals surface area contributed by atoms with Crippen LogP contribution >= 0.6 is 0 Å². The zero-order valence-electron chi connectivity index (χ0n) is 7.90. The fourth-order valence-corrected chi connectivity index (χ4v) is 1.91. The molecule has 0 saturated carbocycles. The second-order valence-corrected chi connectivity index (χ2v) is 3.81. The van der Waals surface area contributed by atoms with Crippen LogP contribution in [0.3, 0.4) is 0 Å². The second kappa shape index (κ2) is 3.40. The summed E-state index contributed by atoms with van der Waals surface area (Å²) in [6.07, 6.45) is 6.43. The number of cyclic esters (lactones) is 1. The Morgan fingerprint density at radius 3 is 2.85 bits per heavy atom.